The Bertz CT molecular complexity index is 991. The number of rotatable bonds is 7. The Balaban J connectivity index is 1.56. The first kappa shape index (κ1) is 24.1. The van der Waals surface area contributed by atoms with E-state index in [0.717, 1.165) is 16.7 Å². The molecule has 1 N–H and O–H groups in total. The number of ether oxygens (including phenoxy) is 5. The van der Waals surface area contributed by atoms with Crippen LogP contribution < -0.4 is 0 Å². The van der Waals surface area contributed by atoms with E-state index in [9.17, 15) is 5.11 Å². The molecule has 0 spiro atoms. The molecule has 5 atom stereocenters. The first-order valence-corrected chi connectivity index (χ1v) is 12.0. The number of methoxy groups -OCH3 is 1. The minimum atomic E-state index is -0.967. The van der Waals surface area contributed by atoms with Crippen LogP contribution in [0, 0.1) is 0 Å². The third kappa shape index (κ3) is 4.54. The van der Waals surface area contributed by atoms with Crippen molar-refractivity contribution < 1.29 is 28.8 Å². The molecule has 2 aliphatic heterocycles. The summed E-state index contributed by atoms with van der Waals surface area (Å²) in [6, 6.07) is 30.5. The van der Waals surface area contributed by atoms with E-state index >= 15 is 0 Å². The summed E-state index contributed by atoms with van der Waals surface area (Å²) in [6.45, 7) is 3.85. The summed E-state index contributed by atoms with van der Waals surface area (Å²) in [6.07, 6.45) is -3.43. The fraction of sp³-hybridized carbons (Fsp3) is 0.379. The van der Waals surface area contributed by atoms with E-state index in [1.165, 1.54) is 7.11 Å². The molecular weight excluding hydrogens is 444 g/mol. The highest BCUT2D eigenvalue weighted by Crippen LogP contribution is 2.43. The molecule has 35 heavy (non-hydrogen) atoms. The number of benzene rings is 3. The Morgan fingerprint density at radius 1 is 0.771 bits per heavy atom. The summed E-state index contributed by atoms with van der Waals surface area (Å²) in [7, 11) is 1.51. The van der Waals surface area contributed by atoms with Crippen LogP contribution in [0.15, 0.2) is 91.0 Å². The van der Waals surface area contributed by atoms with Gasteiger partial charge in [0.25, 0.3) is 0 Å². The molecule has 3 aromatic carbocycles. The molecule has 0 radical (unpaired) electrons. The average Bonchev–Trinajstić information content (AvgIpc) is 3.23. The number of fused-ring (bicyclic) bond motifs is 1. The van der Waals surface area contributed by atoms with Crippen molar-refractivity contribution in [3.63, 3.8) is 0 Å². The maximum Gasteiger partial charge on any atom is 0.186 e. The van der Waals surface area contributed by atoms with Gasteiger partial charge in [0, 0.05) is 7.11 Å². The van der Waals surface area contributed by atoms with Gasteiger partial charge in [-0.2, -0.15) is 0 Å². The van der Waals surface area contributed by atoms with E-state index in [1.54, 1.807) is 0 Å². The zero-order valence-electron chi connectivity index (χ0n) is 20.2. The van der Waals surface area contributed by atoms with Crippen molar-refractivity contribution >= 4 is 0 Å². The average molecular weight is 477 g/mol. The molecule has 0 bridgehead atoms. The van der Waals surface area contributed by atoms with Gasteiger partial charge in [-0.3, -0.25) is 0 Å². The fourth-order valence-electron chi connectivity index (χ4n) is 5.16. The van der Waals surface area contributed by atoms with Gasteiger partial charge < -0.3 is 28.8 Å². The van der Waals surface area contributed by atoms with E-state index in [-0.39, 0.29) is 6.61 Å². The standard InChI is InChI=1S/C29H32O6/c1-28(2)34-25-23(33-27(31-3)24(30)26(25)35-28)19-32-29(20-13-7-4-8-14-20,21-15-9-5-10-16-21)22-17-11-6-12-18-22/h4-18,23-27,30H,19H2,1-3H3/t23-,24-,25+,26-,27-/m1/s1. The molecule has 0 aromatic heterocycles. The zero-order chi connectivity index (χ0) is 24.5. The van der Waals surface area contributed by atoms with Gasteiger partial charge in [0.2, 0.25) is 0 Å². The third-order valence-corrected chi connectivity index (χ3v) is 6.69. The predicted octanol–water partition coefficient (Wildman–Crippen LogP) is 4.25. The van der Waals surface area contributed by atoms with Crippen LogP contribution in [0.4, 0.5) is 0 Å². The quantitative estimate of drug-likeness (QED) is 0.515. The van der Waals surface area contributed by atoms with Crippen molar-refractivity contribution in [1.29, 1.82) is 0 Å². The third-order valence-electron chi connectivity index (χ3n) is 6.69. The van der Waals surface area contributed by atoms with Gasteiger partial charge in [-0.1, -0.05) is 91.0 Å². The summed E-state index contributed by atoms with van der Waals surface area (Å²) in [5, 5.41) is 10.8. The van der Waals surface area contributed by atoms with E-state index in [4.69, 9.17) is 23.7 Å². The van der Waals surface area contributed by atoms with Crippen LogP contribution in [0.3, 0.4) is 0 Å². The highest BCUT2D eigenvalue weighted by atomic mass is 16.8. The maximum absolute atomic E-state index is 10.8. The van der Waals surface area contributed by atoms with Crippen LogP contribution in [0.2, 0.25) is 0 Å². The molecule has 2 fully saturated rings. The van der Waals surface area contributed by atoms with Crippen LogP contribution in [0.25, 0.3) is 0 Å². The molecule has 0 amide bonds. The minimum Gasteiger partial charge on any atom is -0.385 e. The SMILES string of the molecule is CO[C@@H]1O[C@H](COC(c2ccccc2)(c2ccccc2)c2ccccc2)[C@@H]2OC(C)(C)O[C@@H]2[C@H]1O. The van der Waals surface area contributed by atoms with E-state index in [2.05, 4.69) is 36.4 Å². The summed E-state index contributed by atoms with van der Waals surface area (Å²) in [5.41, 5.74) is 2.10. The molecule has 6 heteroatoms. The molecular formula is C29H32O6. The lowest BCUT2D eigenvalue weighted by molar-refractivity contribution is -0.279. The molecule has 0 unspecified atom stereocenters. The summed E-state index contributed by atoms with van der Waals surface area (Å²) < 4.78 is 30.7. The first-order chi connectivity index (χ1) is 16.9. The Hall–Kier alpha value is -2.58. The van der Waals surface area contributed by atoms with Crippen molar-refractivity contribution in [3.8, 4) is 0 Å². The fourth-order valence-corrected chi connectivity index (χ4v) is 5.16. The van der Waals surface area contributed by atoms with E-state index < -0.39 is 42.1 Å². The Morgan fingerprint density at radius 3 is 1.69 bits per heavy atom. The van der Waals surface area contributed by atoms with Crippen LogP contribution in [-0.4, -0.2) is 55.3 Å². The van der Waals surface area contributed by atoms with Crippen molar-refractivity contribution in [3.05, 3.63) is 108 Å². The molecule has 6 nitrogen and oxygen atoms in total. The highest BCUT2D eigenvalue weighted by molar-refractivity contribution is 5.47. The summed E-state index contributed by atoms with van der Waals surface area (Å²) >= 11 is 0. The van der Waals surface area contributed by atoms with Crippen molar-refractivity contribution in [1.82, 2.24) is 0 Å². The minimum absolute atomic E-state index is 0.186. The van der Waals surface area contributed by atoms with Crippen LogP contribution >= 0.6 is 0 Å². The lowest BCUT2D eigenvalue weighted by atomic mass is 9.80. The van der Waals surface area contributed by atoms with Gasteiger partial charge in [-0.25, -0.2) is 0 Å². The van der Waals surface area contributed by atoms with Gasteiger partial charge in [0.05, 0.1) is 6.61 Å². The van der Waals surface area contributed by atoms with Gasteiger partial charge in [0.15, 0.2) is 12.1 Å². The van der Waals surface area contributed by atoms with Gasteiger partial charge in [0.1, 0.15) is 30.0 Å². The second kappa shape index (κ2) is 9.82. The van der Waals surface area contributed by atoms with E-state index in [0.29, 0.717) is 0 Å². The normalized spacial score (nSPS) is 27.9. The second-order valence-electron chi connectivity index (χ2n) is 9.42. The Labute approximate surface area is 206 Å². The topological polar surface area (TPSA) is 66.4 Å². The molecule has 2 heterocycles. The summed E-state index contributed by atoms with van der Waals surface area (Å²) in [4.78, 5) is 0. The van der Waals surface area contributed by atoms with Crippen molar-refractivity contribution in [2.24, 2.45) is 0 Å². The van der Waals surface area contributed by atoms with Crippen LogP contribution in [-0.2, 0) is 29.3 Å². The summed E-state index contributed by atoms with van der Waals surface area (Å²) in [5.74, 6) is -0.851. The number of aliphatic hydroxyl groups is 1. The van der Waals surface area contributed by atoms with Crippen molar-refractivity contribution in [2.45, 2.75) is 55.9 Å². The first-order valence-electron chi connectivity index (χ1n) is 12.0. The zero-order valence-corrected chi connectivity index (χ0v) is 20.2. The van der Waals surface area contributed by atoms with Crippen LogP contribution in [0.5, 0.6) is 0 Å². The molecule has 2 aliphatic rings. The van der Waals surface area contributed by atoms with Crippen LogP contribution in [0.1, 0.15) is 30.5 Å². The molecule has 184 valence electrons. The number of aliphatic hydroxyl groups excluding tert-OH is 1. The smallest absolute Gasteiger partial charge is 0.186 e. The van der Waals surface area contributed by atoms with Crippen molar-refractivity contribution in [2.75, 3.05) is 13.7 Å². The lowest BCUT2D eigenvalue weighted by Crippen LogP contribution is -2.58. The molecule has 0 aliphatic carbocycles. The predicted molar refractivity (Wildman–Crippen MR) is 131 cm³/mol. The number of hydrogen-bond acceptors (Lipinski definition) is 6. The molecule has 0 saturated carbocycles. The number of hydrogen-bond donors (Lipinski definition) is 1. The lowest BCUT2D eigenvalue weighted by Gasteiger charge is -2.42. The van der Waals surface area contributed by atoms with Gasteiger partial charge >= 0.3 is 0 Å². The van der Waals surface area contributed by atoms with Gasteiger partial charge in [-0.05, 0) is 30.5 Å². The second-order valence-corrected chi connectivity index (χ2v) is 9.42. The molecule has 3 aromatic rings. The Kier molecular flexibility index (Phi) is 6.77. The maximum atomic E-state index is 10.8. The molecule has 2 saturated heterocycles. The highest BCUT2D eigenvalue weighted by Gasteiger charge is 2.55. The van der Waals surface area contributed by atoms with E-state index in [1.807, 2.05) is 68.4 Å². The molecule has 5 rings (SSSR count). The Morgan fingerprint density at radius 2 is 1.23 bits per heavy atom. The van der Waals surface area contributed by atoms with Gasteiger partial charge in [-0.15, -0.1) is 0 Å². The monoisotopic (exact) mass is 476 g/mol. The largest absolute Gasteiger partial charge is 0.385 e.